The largest absolute Gasteiger partial charge is 0.325 e. The second-order valence-electron chi connectivity index (χ2n) is 6.62. The Balaban J connectivity index is 1.44. The smallest absolute Gasteiger partial charge is 0.265 e. The number of aryl methyl sites for hydroxylation is 1. The Hall–Kier alpha value is -3.78. The number of amides is 2. The molecule has 0 saturated heterocycles. The van der Waals surface area contributed by atoms with Gasteiger partial charge in [-0.1, -0.05) is 18.2 Å². The topological polar surface area (TPSA) is 93.1 Å². The van der Waals surface area contributed by atoms with Crippen LogP contribution in [0.1, 0.15) is 15.5 Å². The van der Waals surface area contributed by atoms with E-state index < -0.39 is 0 Å². The van der Waals surface area contributed by atoms with E-state index >= 15 is 0 Å². The molecule has 0 saturated carbocycles. The van der Waals surface area contributed by atoms with Crippen LogP contribution in [-0.2, 0) is 11.3 Å². The van der Waals surface area contributed by atoms with Crippen molar-refractivity contribution in [2.24, 2.45) is 0 Å². The summed E-state index contributed by atoms with van der Waals surface area (Å²) >= 11 is 1.36. The van der Waals surface area contributed by atoms with Gasteiger partial charge in [-0.05, 0) is 54.8 Å². The second kappa shape index (κ2) is 8.30. The third-order valence-corrected chi connectivity index (χ3v) is 5.39. The molecule has 2 aromatic heterocycles. The van der Waals surface area contributed by atoms with E-state index in [1.165, 1.54) is 15.9 Å². The van der Waals surface area contributed by atoms with Gasteiger partial charge in [0.25, 0.3) is 11.5 Å². The summed E-state index contributed by atoms with van der Waals surface area (Å²) in [6.45, 7) is 1.56. The molecule has 2 heterocycles. The molecule has 4 rings (SSSR count). The van der Waals surface area contributed by atoms with Crippen LogP contribution in [0.5, 0.6) is 0 Å². The molecule has 0 bridgehead atoms. The Bertz CT molecular complexity index is 1280. The Morgan fingerprint density at radius 3 is 2.37 bits per heavy atom. The van der Waals surface area contributed by atoms with Crippen LogP contribution in [-0.4, -0.2) is 21.4 Å². The van der Waals surface area contributed by atoms with E-state index in [-0.39, 0.29) is 23.9 Å². The van der Waals surface area contributed by atoms with E-state index in [1.807, 2.05) is 17.5 Å². The van der Waals surface area contributed by atoms with Gasteiger partial charge in [-0.3, -0.25) is 19.0 Å². The molecule has 8 heteroatoms. The number of benzene rings is 2. The van der Waals surface area contributed by atoms with Gasteiger partial charge in [0, 0.05) is 11.4 Å². The molecule has 2 amide bonds. The Morgan fingerprint density at radius 2 is 1.67 bits per heavy atom. The van der Waals surface area contributed by atoms with Gasteiger partial charge in [0.15, 0.2) is 0 Å². The minimum atomic E-state index is -0.340. The van der Waals surface area contributed by atoms with Gasteiger partial charge in [-0.25, -0.2) is 4.98 Å². The van der Waals surface area contributed by atoms with Crippen molar-refractivity contribution in [2.75, 3.05) is 10.6 Å². The summed E-state index contributed by atoms with van der Waals surface area (Å²) in [7, 11) is 0. The minimum Gasteiger partial charge on any atom is -0.325 e. The normalized spacial score (nSPS) is 10.7. The molecule has 0 fully saturated rings. The van der Waals surface area contributed by atoms with Crippen LogP contribution in [0.15, 0.2) is 70.8 Å². The fourth-order valence-electron chi connectivity index (χ4n) is 3.05. The van der Waals surface area contributed by atoms with E-state index in [9.17, 15) is 14.4 Å². The SMILES string of the molecule is Cc1nc2ccccc2c(=O)n1CC(=O)Nc1ccc(NC(=O)c2cccs2)cc1. The Kier molecular flexibility index (Phi) is 5.40. The fourth-order valence-corrected chi connectivity index (χ4v) is 3.67. The number of carbonyl (C=O) groups excluding carboxylic acids is 2. The summed E-state index contributed by atoms with van der Waals surface area (Å²) in [5, 5.41) is 7.88. The molecule has 0 aliphatic carbocycles. The molecule has 0 aliphatic rings. The third kappa shape index (κ3) is 4.13. The molecule has 2 aromatic carbocycles. The molecule has 2 N–H and O–H groups in total. The average molecular weight is 418 g/mol. The number of carbonyl (C=O) groups is 2. The van der Waals surface area contributed by atoms with Gasteiger partial charge in [-0.2, -0.15) is 0 Å². The Morgan fingerprint density at radius 1 is 0.967 bits per heavy atom. The highest BCUT2D eigenvalue weighted by Crippen LogP contribution is 2.16. The number of anilines is 2. The molecule has 0 unspecified atom stereocenters. The van der Waals surface area contributed by atoms with Gasteiger partial charge in [-0.15, -0.1) is 11.3 Å². The lowest BCUT2D eigenvalue weighted by molar-refractivity contribution is -0.116. The number of hydrogen-bond acceptors (Lipinski definition) is 5. The molecule has 150 valence electrons. The van der Waals surface area contributed by atoms with E-state index in [4.69, 9.17) is 0 Å². The maximum atomic E-state index is 12.7. The van der Waals surface area contributed by atoms with Crippen molar-refractivity contribution in [3.63, 3.8) is 0 Å². The number of para-hydroxylation sites is 1. The summed E-state index contributed by atoms with van der Waals surface area (Å²) < 4.78 is 1.35. The van der Waals surface area contributed by atoms with Crippen LogP contribution in [0, 0.1) is 6.92 Å². The molecule has 0 radical (unpaired) electrons. The summed E-state index contributed by atoms with van der Waals surface area (Å²) in [5.74, 6) is -0.0476. The Labute approximate surface area is 176 Å². The first kappa shape index (κ1) is 19.5. The van der Waals surface area contributed by atoms with Crippen LogP contribution in [0.4, 0.5) is 11.4 Å². The highest BCUT2D eigenvalue weighted by atomic mass is 32.1. The maximum absolute atomic E-state index is 12.7. The monoisotopic (exact) mass is 418 g/mol. The first-order valence-corrected chi connectivity index (χ1v) is 10.1. The predicted octanol–water partition coefficient (Wildman–Crippen LogP) is 3.66. The van der Waals surface area contributed by atoms with Crippen molar-refractivity contribution >= 4 is 45.4 Å². The lowest BCUT2D eigenvalue weighted by Crippen LogP contribution is -2.30. The van der Waals surface area contributed by atoms with Gasteiger partial charge in [0.05, 0.1) is 15.8 Å². The standard InChI is InChI=1S/C22H18N4O3S/c1-14-23-18-6-3-2-5-17(18)22(29)26(14)13-20(27)24-15-8-10-16(11-9-15)25-21(28)19-7-4-12-30-19/h2-12H,13H2,1H3,(H,24,27)(H,25,28). The highest BCUT2D eigenvalue weighted by Gasteiger charge is 2.12. The van der Waals surface area contributed by atoms with Gasteiger partial charge >= 0.3 is 0 Å². The zero-order chi connectivity index (χ0) is 21.1. The molecule has 0 atom stereocenters. The van der Waals surface area contributed by atoms with Crippen LogP contribution in [0.2, 0.25) is 0 Å². The number of nitrogens with one attached hydrogen (secondary N) is 2. The number of thiophene rings is 1. The van der Waals surface area contributed by atoms with Crippen molar-refractivity contribution in [3.05, 3.63) is 87.1 Å². The molecular formula is C22H18N4O3S. The summed E-state index contributed by atoms with van der Waals surface area (Å²) in [4.78, 5) is 42.3. The minimum absolute atomic E-state index is 0.140. The van der Waals surface area contributed by atoms with E-state index in [2.05, 4.69) is 15.6 Å². The quantitative estimate of drug-likeness (QED) is 0.517. The summed E-state index contributed by atoms with van der Waals surface area (Å²) in [5.41, 5.74) is 1.54. The fraction of sp³-hybridized carbons (Fsp3) is 0.0909. The van der Waals surface area contributed by atoms with Gasteiger partial charge in [0.2, 0.25) is 5.91 Å². The number of fused-ring (bicyclic) bond motifs is 1. The number of hydrogen-bond donors (Lipinski definition) is 2. The van der Waals surface area contributed by atoms with Crippen molar-refractivity contribution in [1.29, 1.82) is 0 Å². The van der Waals surface area contributed by atoms with Gasteiger partial charge < -0.3 is 10.6 Å². The second-order valence-corrected chi connectivity index (χ2v) is 7.57. The first-order valence-electron chi connectivity index (χ1n) is 9.22. The predicted molar refractivity (Wildman–Crippen MR) is 118 cm³/mol. The first-order chi connectivity index (χ1) is 14.5. The molecular weight excluding hydrogens is 400 g/mol. The van der Waals surface area contributed by atoms with E-state index in [0.717, 1.165) is 0 Å². The van der Waals surface area contributed by atoms with Crippen LogP contribution < -0.4 is 16.2 Å². The number of rotatable bonds is 5. The van der Waals surface area contributed by atoms with Crippen molar-refractivity contribution < 1.29 is 9.59 Å². The average Bonchev–Trinajstić information content (AvgIpc) is 3.28. The number of nitrogens with zero attached hydrogens (tertiary/aromatic N) is 2. The van der Waals surface area contributed by atoms with Crippen LogP contribution in [0.3, 0.4) is 0 Å². The van der Waals surface area contributed by atoms with Crippen molar-refractivity contribution in [2.45, 2.75) is 13.5 Å². The third-order valence-electron chi connectivity index (χ3n) is 4.53. The van der Waals surface area contributed by atoms with Crippen molar-refractivity contribution in [1.82, 2.24) is 9.55 Å². The highest BCUT2D eigenvalue weighted by molar-refractivity contribution is 7.12. The zero-order valence-electron chi connectivity index (χ0n) is 16.1. The molecule has 0 spiro atoms. The lowest BCUT2D eigenvalue weighted by atomic mass is 10.2. The van der Waals surface area contributed by atoms with Crippen molar-refractivity contribution in [3.8, 4) is 0 Å². The molecule has 30 heavy (non-hydrogen) atoms. The number of aromatic nitrogens is 2. The zero-order valence-corrected chi connectivity index (χ0v) is 16.9. The summed E-state index contributed by atoms with van der Waals surface area (Å²) in [6.07, 6.45) is 0. The van der Waals surface area contributed by atoms with Crippen LogP contribution in [0.25, 0.3) is 10.9 Å². The summed E-state index contributed by atoms with van der Waals surface area (Å²) in [6, 6.07) is 17.4. The van der Waals surface area contributed by atoms with Crippen LogP contribution >= 0.6 is 11.3 Å². The maximum Gasteiger partial charge on any atom is 0.265 e. The molecule has 4 aromatic rings. The van der Waals surface area contributed by atoms with E-state index in [0.29, 0.717) is 33.0 Å². The van der Waals surface area contributed by atoms with Gasteiger partial charge in [0.1, 0.15) is 12.4 Å². The lowest BCUT2D eigenvalue weighted by Gasteiger charge is -2.11. The van der Waals surface area contributed by atoms with E-state index in [1.54, 1.807) is 55.5 Å². The molecule has 0 aliphatic heterocycles. The molecule has 7 nitrogen and oxygen atoms in total.